The van der Waals surface area contributed by atoms with E-state index >= 15 is 0 Å². The molecule has 0 saturated carbocycles. The van der Waals surface area contributed by atoms with Gasteiger partial charge in [-0.3, -0.25) is 15.0 Å². The van der Waals surface area contributed by atoms with Crippen LogP contribution in [0, 0.1) is 6.92 Å². The molecule has 1 saturated heterocycles. The molecule has 212 valence electrons. The van der Waals surface area contributed by atoms with E-state index in [4.69, 9.17) is 4.74 Å². The van der Waals surface area contributed by atoms with Crippen LogP contribution in [0.1, 0.15) is 18.2 Å². The first-order chi connectivity index (χ1) is 18.4. The molecule has 1 amide bonds. The Hall–Kier alpha value is -2.92. The first kappa shape index (κ1) is 29.1. The van der Waals surface area contributed by atoms with Crippen LogP contribution in [0.4, 0.5) is 24.1 Å². The number of rotatable bonds is 9. The van der Waals surface area contributed by atoms with E-state index in [-0.39, 0.29) is 46.0 Å². The lowest BCUT2D eigenvalue weighted by Gasteiger charge is -2.35. The molecule has 16 heteroatoms. The van der Waals surface area contributed by atoms with Crippen molar-refractivity contribution in [1.82, 2.24) is 24.2 Å². The summed E-state index contributed by atoms with van der Waals surface area (Å²) in [6.45, 7) is 5.24. The highest BCUT2D eigenvalue weighted by Gasteiger charge is 2.34. The van der Waals surface area contributed by atoms with Gasteiger partial charge in [0.05, 0.1) is 16.8 Å². The number of hydrogen-bond donors (Lipinski definition) is 2. The number of carbonyl (C=O) groups is 1. The van der Waals surface area contributed by atoms with Gasteiger partial charge in [-0.2, -0.15) is 17.5 Å². The molecule has 2 aromatic heterocycles. The lowest BCUT2D eigenvalue weighted by atomic mass is 10.1. The molecule has 1 atom stereocenters. The number of anilines is 2. The molecule has 4 rings (SSSR count). The Bertz CT molecular complexity index is 1440. The van der Waals surface area contributed by atoms with E-state index in [9.17, 15) is 26.4 Å². The summed E-state index contributed by atoms with van der Waals surface area (Å²) in [6, 6.07) is 3.66. The number of nitrogens with zero attached hydrogens (tertiary/aromatic N) is 5. The van der Waals surface area contributed by atoms with Crippen LogP contribution in [0.2, 0.25) is 0 Å². The summed E-state index contributed by atoms with van der Waals surface area (Å²) in [6.07, 6.45) is -3.43. The number of fused-ring (bicyclic) bond motifs is 1. The highest BCUT2D eigenvalue weighted by atomic mass is 32.2. The second-order valence-corrected chi connectivity index (χ2v) is 12.2. The smallest absolute Gasteiger partial charge is 0.375 e. The summed E-state index contributed by atoms with van der Waals surface area (Å²) >= 11 is 0.896. The zero-order valence-electron chi connectivity index (χ0n) is 21.4. The van der Waals surface area contributed by atoms with Crippen molar-refractivity contribution < 1.29 is 31.1 Å². The Morgan fingerprint density at radius 1 is 1.21 bits per heavy atom. The number of aromatic nitrogens is 3. The number of amides is 1. The Morgan fingerprint density at radius 3 is 2.59 bits per heavy atom. The SMILES string of the molecule is COCC(=O)Nc1nc(C)c(S(=O)(=O)N2CCN(CC(C)Nc3ncnc4c(C(F)(F)F)cccc34)CC2)s1. The van der Waals surface area contributed by atoms with Gasteiger partial charge in [0.2, 0.25) is 0 Å². The van der Waals surface area contributed by atoms with Crippen molar-refractivity contribution >= 4 is 49.1 Å². The van der Waals surface area contributed by atoms with Crippen LogP contribution in [-0.4, -0.2) is 91.0 Å². The first-order valence-corrected chi connectivity index (χ1v) is 14.2. The number of nitrogens with one attached hydrogen (secondary N) is 2. The second-order valence-electron chi connectivity index (χ2n) is 9.04. The van der Waals surface area contributed by atoms with E-state index in [1.807, 2.05) is 6.92 Å². The van der Waals surface area contributed by atoms with Crippen LogP contribution < -0.4 is 10.6 Å². The molecule has 39 heavy (non-hydrogen) atoms. The van der Waals surface area contributed by atoms with Gasteiger partial charge in [0.1, 0.15) is 18.8 Å². The molecule has 0 radical (unpaired) electrons. The lowest BCUT2D eigenvalue weighted by Crippen LogP contribution is -2.50. The standard InChI is InChI=1S/C23H28F3N7O4S2/c1-14(29-20-16-5-4-6-17(23(24,25)26)19(16)27-13-28-20)11-32-7-9-33(10-8-32)39(35,36)21-15(2)30-22(38-21)31-18(34)12-37-3/h4-6,13-14H,7-12H2,1-3H3,(H,27,28,29)(H,30,31,34). The fraction of sp³-hybridized carbons (Fsp3) is 0.478. The number of benzene rings is 1. The van der Waals surface area contributed by atoms with Crippen LogP contribution in [0.3, 0.4) is 0 Å². The molecule has 1 aromatic carbocycles. The number of piperazine rings is 1. The minimum Gasteiger partial charge on any atom is -0.375 e. The molecule has 3 aromatic rings. The van der Waals surface area contributed by atoms with E-state index < -0.39 is 27.7 Å². The summed E-state index contributed by atoms with van der Waals surface area (Å²) in [5, 5.41) is 6.16. The summed E-state index contributed by atoms with van der Waals surface area (Å²) in [5.41, 5.74) is -0.692. The maximum Gasteiger partial charge on any atom is 0.418 e. The topological polar surface area (TPSA) is 130 Å². The minimum atomic E-state index is -4.53. The largest absolute Gasteiger partial charge is 0.418 e. The maximum absolute atomic E-state index is 13.4. The number of alkyl halides is 3. The van der Waals surface area contributed by atoms with Crippen LogP contribution >= 0.6 is 11.3 Å². The van der Waals surface area contributed by atoms with Crippen LogP contribution in [0.25, 0.3) is 10.9 Å². The molecule has 1 fully saturated rings. The molecular formula is C23H28F3N7O4S2. The Morgan fingerprint density at radius 2 is 1.92 bits per heavy atom. The van der Waals surface area contributed by atoms with Gasteiger partial charge in [0.25, 0.3) is 15.9 Å². The number of thiazole rings is 1. The average Bonchev–Trinajstić information content (AvgIpc) is 3.24. The fourth-order valence-electron chi connectivity index (χ4n) is 4.33. The van der Waals surface area contributed by atoms with Gasteiger partial charge in [-0.15, -0.1) is 0 Å². The third-order valence-corrected chi connectivity index (χ3v) is 9.62. The van der Waals surface area contributed by atoms with Crippen molar-refractivity contribution in [3.63, 3.8) is 0 Å². The summed E-state index contributed by atoms with van der Waals surface area (Å²) in [7, 11) is -2.43. The first-order valence-electron chi connectivity index (χ1n) is 12.0. The van der Waals surface area contributed by atoms with Gasteiger partial charge in [-0.1, -0.05) is 17.4 Å². The van der Waals surface area contributed by atoms with Gasteiger partial charge in [-0.05, 0) is 26.0 Å². The number of aryl methyl sites for hydroxylation is 1. The second kappa shape index (κ2) is 11.7. The van der Waals surface area contributed by atoms with Crippen molar-refractivity contribution in [2.75, 3.05) is 57.1 Å². The van der Waals surface area contributed by atoms with Crippen molar-refractivity contribution in [2.24, 2.45) is 0 Å². The summed E-state index contributed by atoms with van der Waals surface area (Å²) in [4.78, 5) is 26.0. The normalized spacial score (nSPS) is 16.4. The zero-order chi connectivity index (χ0) is 28.4. The molecule has 3 heterocycles. The van der Waals surface area contributed by atoms with E-state index in [0.29, 0.717) is 31.1 Å². The van der Waals surface area contributed by atoms with Crippen LogP contribution in [-0.2, 0) is 25.7 Å². The van der Waals surface area contributed by atoms with Crippen molar-refractivity contribution in [3.8, 4) is 0 Å². The van der Waals surface area contributed by atoms with E-state index in [1.165, 1.54) is 17.5 Å². The van der Waals surface area contributed by atoms with Crippen LogP contribution in [0.15, 0.2) is 28.7 Å². The number of para-hydroxylation sites is 1. The predicted octanol–water partition coefficient (Wildman–Crippen LogP) is 2.81. The Kier molecular flexibility index (Phi) is 8.70. The van der Waals surface area contributed by atoms with Crippen LogP contribution in [0.5, 0.6) is 0 Å². The predicted molar refractivity (Wildman–Crippen MR) is 140 cm³/mol. The van der Waals surface area contributed by atoms with Gasteiger partial charge >= 0.3 is 6.18 Å². The molecule has 11 nitrogen and oxygen atoms in total. The number of methoxy groups -OCH3 is 1. The van der Waals surface area contributed by atoms with Gasteiger partial charge in [-0.25, -0.2) is 23.4 Å². The number of hydrogen-bond acceptors (Lipinski definition) is 10. The van der Waals surface area contributed by atoms with Crippen molar-refractivity contribution in [2.45, 2.75) is 30.3 Å². The molecule has 0 spiro atoms. The van der Waals surface area contributed by atoms with Gasteiger partial charge < -0.3 is 10.1 Å². The van der Waals surface area contributed by atoms with Crippen molar-refractivity contribution in [1.29, 1.82) is 0 Å². The average molecular weight is 588 g/mol. The number of halogens is 3. The Labute approximate surface area is 227 Å². The lowest BCUT2D eigenvalue weighted by molar-refractivity contribution is -0.136. The van der Waals surface area contributed by atoms with E-state index in [2.05, 4.69) is 30.5 Å². The molecule has 1 aliphatic rings. The highest BCUT2D eigenvalue weighted by molar-refractivity contribution is 7.91. The third-order valence-electron chi connectivity index (χ3n) is 6.07. The minimum absolute atomic E-state index is 0.0765. The highest BCUT2D eigenvalue weighted by Crippen LogP contribution is 2.35. The zero-order valence-corrected chi connectivity index (χ0v) is 23.1. The molecule has 1 unspecified atom stereocenters. The molecular weight excluding hydrogens is 559 g/mol. The Balaban J connectivity index is 1.37. The van der Waals surface area contributed by atoms with E-state index in [0.717, 1.165) is 23.7 Å². The monoisotopic (exact) mass is 587 g/mol. The molecule has 1 aliphatic heterocycles. The van der Waals surface area contributed by atoms with Gasteiger partial charge in [0.15, 0.2) is 9.34 Å². The van der Waals surface area contributed by atoms with E-state index in [1.54, 1.807) is 13.0 Å². The maximum atomic E-state index is 13.4. The number of sulfonamides is 1. The number of ether oxygens (including phenoxy) is 1. The fourth-order valence-corrected chi connectivity index (χ4v) is 7.32. The van der Waals surface area contributed by atoms with Gasteiger partial charge in [0, 0.05) is 51.3 Å². The summed E-state index contributed by atoms with van der Waals surface area (Å²) < 4.78 is 72.9. The third kappa shape index (κ3) is 6.63. The van der Waals surface area contributed by atoms with Crippen molar-refractivity contribution in [3.05, 3.63) is 35.8 Å². The summed E-state index contributed by atoms with van der Waals surface area (Å²) in [5.74, 6) is -0.129. The quantitative estimate of drug-likeness (QED) is 0.388. The molecule has 0 bridgehead atoms. The molecule has 0 aliphatic carbocycles. The number of carbonyl (C=O) groups excluding carboxylic acids is 1. The molecule has 2 N–H and O–H groups in total.